The van der Waals surface area contributed by atoms with Crippen molar-refractivity contribution in [2.45, 2.75) is 81.5 Å². The van der Waals surface area contributed by atoms with E-state index in [1.165, 1.54) is 36.7 Å². The number of ether oxygens (including phenoxy) is 1. The van der Waals surface area contributed by atoms with Crippen molar-refractivity contribution in [3.8, 4) is 22.5 Å². The zero-order valence-corrected chi connectivity index (χ0v) is 29.6. The van der Waals surface area contributed by atoms with Crippen LogP contribution in [0.25, 0.3) is 22.5 Å². The number of guanidine groups is 1. The summed E-state index contributed by atoms with van der Waals surface area (Å²) in [7, 11) is 0. The van der Waals surface area contributed by atoms with Gasteiger partial charge in [-0.1, -0.05) is 55.8 Å². The van der Waals surface area contributed by atoms with Crippen LogP contribution in [0.1, 0.15) is 69.2 Å². The van der Waals surface area contributed by atoms with Gasteiger partial charge in [-0.05, 0) is 60.9 Å². The Balaban J connectivity index is 1.27. The molecule has 2 fully saturated rings. The molecule has 2 amide bonds. The first kappa shape index (κ1) is 37.2. The fourth-order valence-electron chi connectivity index (χ4n) is 6.59. The summed E-state index contributed by atoms with van der Waals surface area (Å²) in [5.41, 5.74) is 1.32. The fourth-order valence-corrected chi connectivity index (χ4v) is 6.80. The number of nitrogens with two attached hydrogens (primary N) is 1. The van der Waals surface area contributed by atoms with E-state index in [0.29, 0.717) is 11.6 Å². The molecular formula is C35H34ClF6N9O3. The SMILES string of the molecule is CC(C)(C[C@]1(c2ccc(-c3cnn(C4CC4)c3)cc2)N=C(N)N(C(COC(=O)NC2(C(F)(F)F)CC2)c2ccc(Cl)c(-c3ncn[nH]3)c2)C1=O)C(F)(F)F. The Bertz CT molecular complexity index is 2090. The summed E-state index contributed by atoms with van der Waals surface area (Å²) in [6.07, 6.45) is -5.74. The van der Waals surface area contributed by atoms with Crippen molar-refractivity contribution in [1.29, 1.82) is 0 Å². The molecule has 3 aliphatic rings. The van der Waals surface area contributed by atoms with Gasteiger partial charge in [-0.15, -0.1) is 0 Å². The summed E-state index contributed by atoms with van der Waals surface area (Å²) in [5, 5.41) is 12.9. The number of alkyl halides is 6. The van der Waals surface area contributed by atoms with Crippen LogP contribution < -0.4 is 11.1 Å². The van der Waals surface area contributed by atoms with Crippen molar-refractivity contribution in [3.05, 3.63) is 77.3 Å². The highest BCUT2D eigenvalue weighted by molar-refractivity contribution is 6.33. The van der Waals surface area contributed by atoms with Gasteiger partial charge >= 0.3 is 18.4 Å². The molecule has 2 saturated carbocycles. The molecule has 2 aliphatic carbocycles. The van der Waals surface area contributed by atoms with E-state index in [2.05, 4.69) is 25.3 Å². The van der Waals surface area contributed by atoms with Gasteiger partial charge < -0.3 is 15.8 Å². The van der Waals surface area contributed by atoms with E-state index in [1.807, 2.05) is 16.2 Å². The third-order valence-electron chi connectivity index (χ3n) is 10.2. The monoisotopic (exact) mass is 777 g/mol. The summed E-state index contributed by atoms with van der Waals surface area (Å²) < 4.78 is 91.7. The molecule has 2 atom stereocenters. The molecule has 0 radical (unpaired) electrons. The van der Waals surface area contributed by atoms with Crippen LogP contribution in [0, 0.1) is 5.41 Å². The van der Waals surface area contributed by atoms with E-state index >= 15 is 0 Å². The number of H-pyrrole nitrogens is 1. The number of aromatic nitrogens is 5. The lowest BCUT2D eigenvalue weighted by Gasteiger charge is -2.37. The first-order chi connectivity index (χ1) is 25.3. The van der Waals surface area contributed by atoms with Gasteiger partial charge in [-0.2, -0.15) is 36.5 Å². The van der Waals surface area contributed by atoms with Crippen molar-refractivity contribution in [2.75, 3.05) is 6.61 Å². The highest BCUT2D eigenvalue weighted by Gasteiger charge is 2.65. The summed E-state index contributed by atoms with van der Waals surface area (Å²) in [6.45, 7) is 1.11. The van der Waals surface area contributed by atoms with Crippen molar-refractivity contribution in [1.82, 2.24) is 35.2 Å². The summed E-state index contributed by atoms with van der Waals surface area (Å²) in [4.78, 5) is 37.2. The fraction of sp³-hybridized carbons (Fsp3) is 0.429. The number of aromatic amines is 1. The molecule has 12 nitrogen and oxygen atoms in total. The van der Waals surface area contributed by atoms with Gasteiger partial charge in [0, 0.05) is 17.3 Å². The molecule has 0 spiro atoms. The minimum absolute atomic E-state index is 0.102. The number of amides is 2. The average molecular weight is 778 g/mol. The Hall–Kier alpha value is -5.13. The number of carbonyl (C=O) groups excluding carboxylic acids is 2. The number of benzene rings is 2. The van der Waals surface area contributed by atoms with Crippen molar-refractivity contribution in [3.63, 3.8) is 0 Å². The molecule has 3 heterocycles. The second-order valence-electron chi connectivity index (χ2n) is 14.5. The zero-order valence-electron chi connectivity index (χ0n) is 28.8. The third-order valence-corrected chi connectivity index (χ3v) is 10.5. The second-order valence-corrected chi connectivity index (χ2v) is 14.9. The topological polar surface area (TPSA) is 156 Å². The predicted molar refractivity (Wildman–Crippen MR) is 183 cm³/mol. The summed E-state index contributed by atoms with van der Waals surface area (Å²) in [6, 6.07) is 9.56. The maximum atomic E-state index is 14.9. The van der Waals surface area contributed by atoms with Crippen LogP contribution in [0.5, 0.6) is 0 Å². The van der Waals surface area contributed by atoms with Gasteiger partial charge in [-0.25, -0.2) is 14.8 Å². The van der Waals surface area contributed by atoms with Crippen LogP contribution in [0.2, 0.25) is 5.02 Å². The Morgan fingerprint density at radius 1 is 1.09 bits per heavy atom. The molecule has 4 N–H and O–H groups in total. The maximum Gasteiger partial charge on any atom is 0.411 e. The Labute approximate surface area is 309 Å². The average Bonchev–Trinajstić information content (AvgIpc) is 3.96. The zero-order chi connectivity index (χ0) is 38.8. The Morgan fingerprint density at radius 3 is 2.39 bits per heavy atom. The number of hydrogen-bond donors (Lipinski definition) is 3. The van der Waals surface area contributed by atoms with Crippen LogP contribution in [0.3, 0.4) is 0 Å². The van der Waals surface area contributed by atoms with E-state index < -0.39 is 65.9 Å². The number of carbonyl (C=O) groups is 2. The van der Waals surface area contributed by atoms with Gasteiger partial charge in [0.05, 0.1) is 28.7 Å². The molecule has 2 aromatic carbocycles. The molecule has 54 heavy (non-hydrogen) atoms. The van der Waals surface area contributed by atoms with Crippen LogP contribution in [0.4, 0.5) is 31.1 Å². The number of hydrogen-bond acceptors (Lipinski definition) is 8. The molecule has 4 aromatic rings. The minimum atomic E-state index is -4.78. The molecule has 7 rings (SSSR count). The van der Waals surface area contributed by atoms with E-state index in [0.717, 1.165) is 37.2 Å². The lowest BCUT2D eigenvalue weighted by atomic mass is 9.74. The summed E-state index contributed by atoms with van der Waals surface area (Å²) in [5.74, 6) is -1.28. The normalized spacial score (nSPS) is 20.5. The van der Waals surface area contributed by atoms with Crippen molar-refractivity contribution in [2.24, 2.45) is 16.1 Å². The largest absolute Gasteiger partial charge is 0.447 e. The molecule has 1 aliphatic heterocycles. The van der Waals surface area contributed by atoms with E-state index in [1.54, 1.807) is 18.3 Å². The van der Waals surface area contributed by atoms with E-state index in [4.69, 9.17) is 22.1 Å². The maximum absolute atomic E-state index is 14.9. The molecule has 0 bridgehead atoms. The standard InChI is InChI=1S/C35H34ClF6N9O3/c1-31(2,34(37,38)39)17-33(22-6-3-19(4-7-22)21-14-46-50(15-21)23-8-9-23)28(52)51(29(43)47-33)26(16-54-30(53)48-32(11-12-32)35(40,41)42)20-5-10-25(36)24(13-20)27-44-18-45-49-27/h3-7,10,13-15,18,23,26H,8-9,11-12,16-17H2,1-2H3,(H2,43,47)(H,48,53)(H,44,45,49)/t26?,33-/m1/s1. The Morgan fingerprint density at radius 2 is 1.80 bits per heavy atom. The molecule has 1 unspecified atom stereocenters. The molecule has 19 heteroatoms. The molecule has 0 saturated heterocycles. The second kappa shape index (κ2) is 13.0. The number of alkyl carbamates (subject to hydrolysis) is 1. The van der Waals surface area contributed by atoms with Crippen molar-refractivity contribution >= 4 is 29.6 Å². The van der Waals surface area contributed by atoms with Gasteiger partial charge in [-0.3, -0.25) is 19.5 Å². The molecule has 286 valence electrons. The number of aliphatic imine (C=N–C) groups is 1. The van der Waals surface area contributed by atoms with Gasteiger partial charge in [0.1, 0.15) is 18.5 Å². The highest BCUT2D eigenvalue weighted by atomic mass is 35.5. The number of nitrogens with one attached hydrogen (secondary N) is 2. The Kier molecular flexibility index (Phi) is 8.97. The lowest BCUT2D eigenvalue weighted by Crippen LogP contribution is -2.50. The van der Waals surface area contributed by atoms with Crippen LogP contribution in [-0.4, -0.2) is 72.3 Å². The first-order valence-electron chi connectivity index (χ1n) is 16.9. The molecular weight excluding hydrogens is 744 g/mol. The third kappa shape index (κ3) is 6.75. The highest BCUT2D eigenvalue weighted by Crippen LogP contribution is 2.51. The number of rotatable bonds is 11. The van der Waals surface area contributed by atoms with Gasteiger partial charge in [0.25, 0.3) is 5.91 Å². The van der Waals surface area contributed by atoms with Gasteiger partial charge in [0.15, 0.2) is 17.3 Å². The van der Waals surface area contributed by atoms with Crippen LogP contribution in [0.15, 0.2) is 66.2 Å². The quantitative estimate of drug-likeness (QED) is 0.136. The smallest absolute Gasteiger partial charge is 0.411 e. The predicted octanol–water partition coefficient (Wildman–Crippen LogP) is 7.22. The summed E-state index contributed by atoms with van der Waals surface area (Å²) >= 11 is 6.45. The van der Waals surface area contributed by atoms with E-state index in [-0.39, 0.29) is 40.4 Å². The van der Waals surface area contributed by atoms with Crippen LogP contribution >= 0.6 is 11.6 Å². The number of nitrogens with zero attached hydrogens (tertiary/aromatic N) is 6. The minimum Gasteiger partial charge on any atom is -0.447 e. The van der Waals surface area contributed by atoms with Gasteiger partial charge in [0.2, 0.25) is 0 Å². The van der Waals surface area contributed by atoms with Crippen LogP contribution in [-0.2, 0) is 15.1 Å². The lowest BCUT2D eigenvalue weighted by molar-refractivity contribution is -0.218. The van der Waals surface area contributed by atoms with E-state index in [9.17, 15) is 35.9 Å². The van der Waals surface area contributed by atoms with Crippen molar-refractivity contribution < 1.29 is 40.7 Å². The first-order valence-corrected chi connectivity index (χ1v) is 17.3. The molecule has 2 aromatic heterocycles. The number of halogens is 7.